The number of nitrogens with one attached hydrogen (secondary N) is 2. The van der Waals surface area contributed by atoms with Gasteiger partial charge < -0.3 is 15.4 Å². The van der Waals surface area contributed by atoms with Gasteiger partial charge >= 0.3 is 0 Å². The molecule has 1 aliphatic heterocycles. The summed E-state index contributed by atoms with van der Waals surface area (Å²) in [5, 5.41) is 6.52. The minimum absolute atomic E-state index is 0.274. The highest BCUT2D eigenvalue weighted by atomic mass is 16.5. The molecule has 116 valence electrons. The number of hydrogen-bond acceptors (Lipinski definition) is 6. The zero-order valence-electron chi connectivity index (χ0n) is 12.7. The average Bonchev–Trinajstić information content (AvgIpc) is 3.07. The Hall–Kier alpha value is -2.21. The summed E-state index contributed by atoms with van der Waals surface area (Å²) in [6, 6.07) is 7.73. The highest BCUT2D eigenvalue weighted by molar-refractivity contribution is 5.60. The molecule has 2 aromatic heterocycles. The average molecular weight is 299 g/mol. The van der Waals surface area contributed by atoms with Crippen LogP contribution in [0.3, 0.4) is 0 Å². The maximum Gasteiger partial charge on any atom is 0.225 e. The fraction of sp³-hybridized carbons (Fsp3) is 0.438. The molecule has 1 aliphatic rings. The molecule has 0 unspecified atom stereocenters. The van der Waals surface area contributed by atoms with E-state index in [1.807, 2.05) is 31.2 Å². The van der Waals surface area contributed by atoms with E-state index < -0.39 is 0 Å². The number of nitrogens with zero attached hydrogens (tertiary/aromatic N) is 3. The van der Waals surface area contributed by atoms with Crippen LogP contribution in [0.4, 0.5) is 11.8 Å². The summed E-state index contributed by atoms with van der Waals surface area (Å²) in [7, 11) is 0. The van der Waals surface area contributed by atoms with E-state index >= 15 is 0 Å². The Labute approximate surface area is 130 Å². The summed E-state index contributed by atoms with van der Waals surface area (Å²) in [6.07, 6.45) is 4.28. The van der Waals surface area contributed by atoms with Gasteiger partial charge in [-0.15, -0.1) is 0 Å². The largest absolute Gasteiger partial charge is 0.376 e. The van der Waals surface area contributed by atoms with Crippen LogP contribution in [0.1, 0.15) is 19.8 Å². The first-order chi connectivity index (χ1) is 10.8. The van der Waals surface area contributed by atoms with Crippen LogP contribution < -0.4 is 10.6 Å². The Morgan fingerprint density at radius 2 is 2.18 bits per heavy atom. The third-order valence-electron chi connectivity index (χ3n) is 3.52. The van der Waals surface area contributed by atoms with E-state index in [1.54, 1.807) is 6.20 Å². The third-order valence-corrected chi connectivity index (χ3v) is 3.52. The van der Waals surface area contributed by atoms with E-state index in [-0.39, 0.29) is 6.10 Å². The number of aromatic nitrogens is 3. The van der Waals surface area contributed by atoms with Crippen molar-refractivity contribution in [2.24, 2.45) is 0 Å². The van der Waals surface area contributed by atoms with Crippen molar-refractivity contribution in [3.63, 3.8) is 0 Å². The van der Waals surface area contributed by atoms with Crippen LogP contribution in [-0.4, -0.2) is 40.8 Å². The molecule has 0 saturated carbocycles. The first-order valence-corrected chi connectivity index (χ1v) is 7.75. The van der Waals surface area contributed by atoms with Crippen molar-refractivity contribution in [3.05, 3.63) is 30.5 Å². The van der Waals surface area contributed by atoms with E-state index in [2.05, 4.69) is 25.6 Å². The van der Waals surface area contributed by atoms with Crippen LogP contribution in [0.25, 0.3) is 11.4 Å². The van der Waals surface area contributed by atoms with Gasteiger partial charge in [-0.25, -0.2) is 4.98 Å². The number of hydrogen-bond donors (Lipinski definition) is 2. The lowest BCUT2D eigenvalue weighted by atomic mass is 10.2. The molecule has 0 radical (unpaired) electrons. The summed E-state index contributed by atoms with van der Waals surface area (Å²) in [6.45, 7) is 4.43. The Balaban J connectivity index is 1.80. The van der Waals surface area contributed by atoms with Crippen molar-refractivity contribution in [2.45, 2.75) is 25.9 Å². The lowest BCUT2D eigenvalue weighted by Crippen LogP contribution is -2.19. The second-order valence-corrected chi connectivity index (χ2v) is 5.22. The molecule has 2 N–H and O–H groups in total. The molecular weight excluding hydrogens is 278 g/mol. The number of pyridine rings is 1. The predicted molar refractivity (Wildman–Crippen MR) is 86.9 cm³/mol. The lowest BCUT2D eigenvalue weighted by Gasteiger charge is -2.13. The molecule has 3 heterocycles. The van der Waals surface area contributed by atoms with E-state index in [0.717, 1.165) is 49.7 Å². The summed E-state index contributed by atoms with van der Waals surface area (Å²) in [5.41, 5.74) is 1.64. The van der Waals surface area contributed by atoms with Gasteiger partial charge in [0, 0.05) is 32.0 Å². The molecule has 1 saturated heterocycles. The molecule has 1 fully saturated rings. The van der Waals surface area contributed by atoms with E-state index in [1.165, 1.54) is 0 Å². The van der Waals surface area contributed by atoms with Crippen molar-refractivity contribution in [3.8, 4) is 11.4 Å². The van der Waals surface area contributed by atoms with Gasteiger partial charge in [0.1, 0.15) is 5.82 Å². The van der Waals surface area contributed by atoms with Gasteiger partial charge in [-0.05, 0) is 31.9 Å². The molecule has 0 aromatic carbocycles. The van der Waals surface area contributed by atoms with Gasteiger partial charge in [0.05, 0.1) is 17.5 Å². The second kappa shape index (κ2) is 7.17. The maximum absolute atomic E-state index is 5.63. The number of ether oxygens (including phenoxy) is 1. The minimum atomic E-state index is 0.274. The topological polar surface area (TPSA) is 72.0 Å². The smallest absolute Gasteiger partial charge is 0.225 e. The van der Waals surface area contributed by atoms with Crippen LogP contribution in [0, 0.1) is 0 Å². The predicted octanol–water partition coefficient (Wildman–Crippen LogP) is 2.56. The van der Waals surface area contributed by atoms with Gasteiger partial charge in [-0.1, -0.05) is 6.07 Å². The van der Waals surface area contributed by atoms with Gasteiger partial charge in [0.2, 0.25) is 5.95 Å². The molecule has 0 spiro atoms. The van der Waals surface area contributed by atoms with Gasteiger partial charge in [0.15, 0.2) is 0 Å². The van der Waals surface area contributed by atoms with Crippen molar-refractivity contribution >= 4 is 11.8 Å². The molecule has 2 aromatic rings. The van der Waals surface area contributed by atoms with Gasteiger partial charge in [-0.3, -0.25) is 4.98 Å². The standard InChI is InChI=1S/C16H21N5O/c1-2-17-16-20-14(13-7-3-4-8-18-13)10-15(21-16)19-11-12-6-5-9-22-12/h3-4,7-8,10,12H,2,5-6,9,11H2,1H3,(H2,17,19,20,21)/t12-/m1/s1. The Morgan fingerprint density at radius 3 is 2.91 bits per heavy atom. The molecule has 0 aliphatic carbocycles. The van der Waals surface area contributed by atoms with Crippen LogP contribution in [0.15, 0.2) is 30.5 Å². The van der Waals surface area contributed by atoms with E-state index in [0.29, 0.717) is 5.95 Å². The summed E-state index contributed by atoms with van der Waals surface area (Å²) >= 11 is 0. The second-order valence-electron chi connectivity index (χ2n) is 5.22. The first-order valence-electron chi connectivity index (χ1n) is 7.75. The fourth-order valence-corrected chi connectivity index (χ4v) is 2.44. The Morgan fingerprint density at radius 1 is 1.23 bits per heavy atom. The van der Waals surface area contributed by atoms with Crippen molar-refractivity contribution in [2.75, 3.05) is 30.3 Å². The van der Waals surface area contributed by atoms with Crippen molar-refractivity contribution in [1.82, 2.24) is 15.0 Å². The van der Waals surface area contributed by atoms with Gasteiger partial charge in [0.25, 0.3) is 0 Å². The zero-order chi connectivity index (χ0) is 15.2. The normalized spacial score (nSPS) is 17.4. The van der Waals surface area contributed by atoms with E-state index in [4.69, 9.17) is 4.74 Å². The van der Waals surface area contributed by atoms with Crippen molar-refractivity contribution < 1.29 is 4.74 Å². The van der Waals surface area contributed by atoms with Gasteiger partial charge in [-0.2, -0.15) is 4.98 Å². The van der Waals surface area contributed by atoms with Crippen LogP contribution in [0.2, 0.25) is 0 Å². The molecule has 6 heteroatoms. The van der Waals surface area contributed by atoms with E-state index in [9.17, 15) is 0 Å². The van der Waals surface area contributed by atoms with Crippen LogP contribution in [-0.2, 0) is 4.74 Å². The molecule has 0 bridgehead atoms. The lowest BCUT2D eigenvalue weighted by molar-refractivity contribution is 0.120. The third kappa shape index (κ3) is 3.71. The molecule has 1 atom stereocenters. The summed E-state index contributed by atoms with van der Waals surface area (Å²) in [5.74, 6) is 1.41. The Bertz CT molecular complexity index is 599. The molecular formula is C16H21N5O. The fourth-order valence-electron chi connectivity index (χ4n) is 2.44. The van der Waals surface area contributed by atoms with Crippen LogP contribution >= 0.6 is 0 Å². The minimum Gasteiger partial charge on any atom is -0.376 e. The first kappa shape index (κ1) is 14.7. The molecule has 3 rings (SSSR count). The quantitative estimate of drug-likeness (QED) is 0.854. The highest BCUT2D eigenvalue weighted by Crippen LogP contribution is 2.20. The Kier molecular flexibility index (Phi) is 4.80. The highest BCUT2D eigenvalue weighted by Gasteiger charge is 2.15. The molecule has 6 nitrogen and oxygen atoms in total. The number of anilines is 2. The SMILES string of the molecule is CCNc1nc(NC[C@H]2CCCO2)cc(-c2ccccn2)n1. The van der Waals surface area contributed by atoms with Crippen molar-refractivity contribution in [1.29, 1.82) is 0 Å². The molecule has 0 amide bonds. The number of rotatable bonds is 6. The molecule has 22 heavy (non-hydrogen) atoms. The maximum atomic E-state index is 5.63. The summed E-state index contributed by atoms with van der Waals surface area (Å²) in [4.78, 5) is 13.4. The monoisotopic (exact) mass is 299 g/mol. The summed E-state index contributed by atoms with van der Waals surface area (Å²) < 4.78 is 5.63. The zero-order valence-corrected chi connectivity index (χ0v) is 12.7. The van der Waals surface area contributed by atoms with Crippen LogP contribution in [0.5, 0.6) is 0 Å².